The highest BCUT2D eigenvalue weighted by Crippen LogP contribution is 2.34. The second kappa shape index (κ2) is 6.76. The van der Waals surface area contributed by atoms with Gasteiger partial charge in [-0.05, 0) is 49.6 Å². The summed E-state index contributed by atoms with van der Waals surface area (Å²) < 4.78 is 12.5. The lowest BCUT2D eigenvalue weighted by Gasteiger charge is -2.23. The Morgan fingerprint density at radius 2 is 2.19 bits per heavy atom. The Labute approximate surface area is 150 Å². The van der Waals surface area contributed by atoms with Crippen LogP contribution in [0.25, 0.3) is 22.3 Å². The Hall–Kier alpha value is -2.93. The quantitative estimate of drug-likeness (QED) is 0.727. The first-order chi connectivity index (χ1) is 12.7. The zero-order valence-corrected chi connectivity index (χ0v) is 14.4. The summed E-state index contributed by atoms with van der Waals surface area (Å²) in [5.74, 6) is -0.289. The van der Waals surface area contributed by atoms with E-state index in [1.54, 1.807) is 30.5 Å². The maximum absolute atomic E-state index is 11.8. The van der Waals surface area contributed by atoms with E-state index in [0.717, 1.165) is 30.2 Å². The van der Waals surface area contributed by atoms with Gasteiger partial charge >= 0.3 is 5.97 Å². The fourth-order valence-electron chi connectivity index (χ4n) is 3.26. The van der Waals surface area contributed by atoms with Crippen LogP contribution in [-0.2, 0) is 9.47 Å². The monoisotopic (exact) mass is 353 g/mol. The molecule has 1 fully saturated rings. The smallest absolute Gasteiger partial charge is 0.337 e. The summed E-state index contributed by atoms with van der Waals surface area (Å²) in [7, 11) is 1.34. The highest BCUT2D eigenvalue weighted by atomic mass is 16.5. The van der Waals surface area contributed by atoms with Crippen molar-refractivity contribution in [3.8, 4) is 17.1 Å². The number of aromatic nitrogens is 3. The zero-order chi connectivity index (χ0) is 18.1. The van der Waals surface area contributed by atoms with E-state index in [9.17, 15) is 9.90 Å². The zero-order valence-electron chi connectivity index (χ0n) is 14.4. The Morgan fingerprint density at radius 1 is 1.31 bits per heavy atom. The summed E-state index contributed by atoms with van der Waals surface area (Å²) in [6, 6.07) is 8.35. The Kier molecular flexibility index (Phi) is 4.30. The van der Waals surface area contributed by atoms with E-state index in [1.165, 1.54) is 7.11 Å². The van der Waals surface area contributed by atoms with Gasteiger partial charge in [0, 0.05) is 18.2 Å². The largest absolute Gasteiger partial charge is 0.508 e. The highest BCUT2D eigenvalue weighted by molar-refractivity contribution is 5.95. The number of carbonyl (C=O) groups excluding carboxylic acids is 1. The molecule has 3 heterocycles. The number of rotatable bonds is 3. The van der Waals surface area contributed by atoms with Gasteiger partial charge in [-0.3, -0.25) is 4.98 Å². The number of pyridine rings is 1. The molecule has 1 saturated heterocycles. The van der Waals surface area contributed by atoms with Crippen molar-refractivity contribution < 1.29 is 19.4 Å². The van der Waals surface area contributed by atoms with E-state index in [0.29, 0.717) is 23.6 Å². The van der Waals surface area contributed by atoms with Gasteiger partial charge in [0.1, 0.15) is 11.4 Å². The number of phenolic OH excluding ortho intramolecular Hbond substituents is 1. The van der Waals surface area contributed by atoms with Gasteiger partial charge in [0.05, 0.1) is 23.9 Å². The maximum atomic E-state index is 11.8. The molecule has 1 aliphatic rings. The Balaban J connectivity index is 1.87. The molecule has 3 aromatic rings. The molecule has 2 aromatic heterocycles. The van der Waals surface area contributed by atoms with Gasteiger partial charge in [0.15, 0.2) is 6.23 Å². The lowest BCUT2D eigenvalue weighted by Crippen LogP contribution is -2.19. The summed E-state index contributed by atoms with van der Waals surface area (Å²) in [6.07, 6.45) is 4.41. The molecular formula is C19H19N3O4. The normalized spacial score (nSPS) is 17.3. The highest BCUT2D eigenvalue weighted by Gasteiger charge is 2.22. The fourth-order valence-corrected chi connectivity index (χ4v) is 3.26. The number of benzene rings is 1. The number of fused-ring (bicyclic) bond motifs is 1. The lowest BCUT2D eigenvalue weighted by atomic mass is 10.1. The summed E-state index contributed by atoms with van der Waals surface area (Å²) in [4.78, 5) is 16.2. The lowest BCUT2D eigenvalue weighted by molar-refractivity contribution is -0.0365. The Morgan fingerprint density at radius 3 is 2.96 bits per heavy atom. The number of hydrogen-bond acceptors (Lipinski definition) is 6. The van der Waals surface area contributed by atoms with Gasteiger partial charge in [-0.15, -0.1) is 0 Å². The first kappa shape index (κ1) is 16.5. The van der Waals surface area contributed by atoms with Gasteiger partial charge in [-0.1, -0.05) is 0 Å². The number of aromatic hydroxyl groups is 1. The van der Waals surface area contributed by atoms with E-state index >= 15 is 0 Å². The fraction of sp³-hybridized carbons (Fsp3) is 0.316. The van der Waals surface area contributed by atoms with Crippen molar-refractivity contribution in [2.45, 2.75) is 25.5 Å². The van der Waals surface area contributed by atoms with Gasteiger partial charge in [0.2, 0.25) is 0 Å². The van der Waals surface area contributed by atoms with Crippen molar-refractivity contribution in [3.63, 3.8) is 0 Å². The van der Waals surface area contributed by atoms with Crippen molar-refractivity contribution >= 4 is 16.9 Å². The van der Waals surface area contributed by atoms with Crippen LogP contribution in [0.3, 0.4) is 0 Å². The summed E-state index contributed by atoms with van der Waals surface area (Å²) in [5, 5.41) is 15.4. The summed E-state index contributed by atoms with van der Waals surface area (Å²) in [5.41, 5.74) is 2.39. The van der Waals surface area contributed by atoms with E-state index in [-0.39, 0.29) is 12.0 Å². The van der Waals surface area contributed by atoms with E-state index in [1.807, 2.05) is 10.7 Å². The van der Waals surface area contributed by atoms with Crippen LogP contribution < -0.4 is 0 Å². The van der Waals surface area contributed by atoms with Crippen LogP contribution in [0.1, 0.15) is 35.8 Å². The molecule has 1 aromatic carbocycles. The van der Waals surface area contributed by atoms with E-state index in [4.69, 9.17) is 14.6 Å². The molecule has 0 spiro atoms. The van der Waals surface area contributed by atoms with Crippen LogP contribution in [0.2, 0.25) is 0 Å². The minimum Gasteiger partial charge on any atom is -0.508 e. The average molecular weight is 353 g/mol. The molecular weight excluding hydrogens is 334 g/mol. The molecule has 1 atom stereocenters. The van der Waals surface area contributed by atoms with Crippen molar-refractivity contribution in [2.75, 3.05) is 13.7 Å². The van der Waals surface area contributed by atoms with Gasteiger partial charge in [-0.25, -0.2) is 9.48 Å². The Bertz CT molecular complexity index is 961. The summed E-state index contributed by atoms with van der Waals surface area (Å²) >= 11 is 0. The molecule has 26 heavy (non-hydrogen) atoms. The third kappa shape index (κ3) is 2.90. The number of carbonyl (C=O) groups is 1. The molecule has 7 heteroatoms. The van der Waals surface area contributed by atoms with Crippen molar-refractivity contribution in [1.82, 2.24) is 14.8 Å². The molecule has 1 aliphatic heterocycles. The van der Waals surface area contributed by atoms with Gasteiger partial charge < -0.3 is 14.6 Å². The SMILES string of the molecule is COC(=O)c1ccnc(-c2nn(C3CCCCO3)c3ccc(O)cc23)c1. The number of ether oxygens (including phenoxy) is 2. The molecule has 0 bridgehead atoms. The topological polar surface area (TPSA) is 86.5 Å². The molecule has 1 unspecified atom stereocenters. The van der Waals surface area contributed by atoms with Gasteiger partial charge in [-0.2, -0.15) is 5.10 Å². The molecule has 0 amide bonds. The van der Waals surface area contributed by atoms with Gasteiger partial charge in [0.25, 0.3) is 0 Å². The standard InChI is InChI=1S/C19H19N3O4/c1-25-19(24)12-7-8-20-15(10-12)18-14-11-13(23)5-6-16(14)22(21-18)17-4-2-3-9-26-17/h5-8,10-11,17,23H,2-4,9H2,1H3. The minimum atomic E-state index is -0.434. The van der Waals surface area contributed by atoms with E-state index in [2.05, 4.69) is 4.98 Å². The molecule has 1 N–H and O–H groups in total. The van der Waals surface area contributed by atoms with Crippen LogP contribution in [0, 0.1) is 0 Å². The third-order valence-electron chi connectivity index (χ3n) is 4.54. The van der Waals surface area contributed by atoms with Crippen LogP contribution in [0.4, 0.5) is 0 Å². The second-order valence-corrected chi connectivity index (χ2v) is 6.24. The van der Waals surface area contributed by atoms with Crippen LogP contribution in [-0.4, -0.2) is 39.6 Å². The average Bonchev–Trinajstić information content (AvgIpc) is 3.06. The van der Waals surface area contributed by atoms with E-state index < -0.39 is 5.97 Å². The number of hydrogen-bond donors (Lipinski definition) is 1. The molecule has 7 nitrogen and oxygen atoms in total. The first-order valence-electron chi connectivity index (χ1n) is 8.55. The third-order valence-corrected chi connectivity index (χ3v) is 4.54. The molecule has 0 radical (unpaired) electrons. The molecule has 4 rings (SSSR count). The summed E-state index contributed by atoms with van der Waals surface area (Å²) in [6.45, 7) is 0.704. The van der Waals surface area contributed by atoms with Crippen LogP contribution in [0.15, 0.2) is 36.5 Å². The molecule has 134 valence electrons. The molecule has 0 aliphatic carbocycles. The van der Waals surface area contributed by atoms with Crippen molar-refractivity contribution in [1.29, 1.82) is 0 Å². The number of phenols is 1. The first-order valence-corrected chi connectivity index (χ1v) is 8.55. The predicted octanol–water partition coefficient (Wildman–Crippen LogP) is 3.29. The maximum Gasteiger partial charge on any atom is 0.337 e. The second-order valence-electron chi connectivity index (χ2n) is 6.24. The molecule has 0 saturated carbocycles. The van der Waals surface area contributed by atoms with Crippen molar-refractivity contribution in [3.05, 3.63) is 42.1 Å². The van der Waals surface area contributed by atoms with Crippen LogP contribution in [0.5, 0.6) is 5.75 Å². The minimum absolute atomic E-state index is 0.145. The van der Waals surface area contributed by atoms with Crippen LogP contribution >= 0.6 is 0 Å². The predicted molar refractivity (Wildman–Crippen MR) is 94.8 cm³/mol. The number of methoxy groups -OCH3 is 1. The number of esters is 1. The van der Waals surface area contributed by atoms with Crippen molar-refractivity contribution in [2.24, 2.45) is 0 Å². The number of nitrogens with zero attached hydrogens (tertiary/aromatic N) is 3.